The second kappa shape index (κ2) is 6.16. The summed E-state index contributed by atoms with van der Waals surface area (Å²) >= 11 is 0. The average Bonchev–Trinajstić information content (AvgIpc) is 3.33. The van der Waals surface area contributed by atoms with Crippen LogP contribution in [0.15, 0.2) is 48.5 Å². The Balaban J connectivity index is 1.36. The summed E-state index contributed by atoms with van der Waals surface area (Å²) in [6.07, 6.45) is -2.88. The van der Waals surface area contributed by atoms with E-state index in [-0.39, 0.29) is 31.5 Å². The van der Waals surface area contributed by atoms with Crippen molar-refractivity contribution >= 4 is 11.9 Å². The highest BCUT2D eigenvalue weighted by Crippen LogP contribution is 2.44. The lowest BCUT2D eigenvalue weighted by molar-refractivity contribution is -0.121. The smallest absolute Gasteiger partial charge is 0.410 e. The van der Waals surface area contributed by atoms with Gasteiger partial charge in [0.15, 0.2) is 5.78 Å². The summed E-state index contributed by atoms with van der Waals surface area (Å²) in [5, 5.41) is 0. The van der Waals surface area contributed by atoms with Crippen molar-refractivity contribution in [3.63, 3.8) is 0 Å². The molecule has 6 heteroatoms. The molecular formula is C21H18FNO4. The van der Waals surface area contributed by atoms with Gasteiger partial charge in [-0.1, -0.05) is 48.5 Å². The molecule has 0 N–H and O–H groups in total. The Kier molecular flexibility index (Phi) is 3.75. The molecule has 2 fully saturated rings. The molecular weight excluding hydrogens is 349 g/mol. The number of halogens is 1. The predicted molar refractivity (Wildman–Crippen MR) is 95.2 cm³/mol. The Morgan fingerprint density at radius 2 is 1.74 bits per heavy atom. The molecule has 1 amide bonds. The molecule has 0 unspecified atom stereocenters. The second-order valence-electron chi connectivity index (χ2n) is 7.16. The third-order valence-corrected chi connectivity index (χ3v) is 5.69. The van der Waals surface area contributed by atoms with E-state index in [2.05, 4.69) is 12.1 Å². The highest BCUT2D eigenvalue weighted by atomic mass is 19.1. The largest absolute Gasteiger partial charge is 0.448 e. The summed E-state index contributed by atoms with van der Waals surface area (Å²) in [6, 6.07) is 15.2. The fourth-order valence-corrected chi connectivity index (χ4v) is 4.46. The normalized spacial score (nSPS) is 26.0. The lowest BCUT2D eigenvalue weighted by Crippen LogP contribution is -2.42. The predicted octanol–water partition coefficient (Wildman–Crippen LogP) is 2.93. The van der Waals surface area contributed by atoms with Gasteiger partial charge in [0, 0.05) is 5.92 Å². The number of likely N-dealkylation sites (tertiary alicyclic amines) is 1. The molecule has 0 spiro atoms. The zero-order chi connectivity index (χ0) is 18.5. The Morgan fingerprint density at radius 1 is 1.11 bits per heavy atom. The minimum Gasteiger partial charge on any atom is -0.448 e. The fraction of sp³-hybridized carbons (Fsp3) is 0.333. The standard InChI is InChI=1S/C21H18FNO4/c22-17-9-23(19-18(24)11-26-20(17)19)21(25)27-10-16-14-7-3-1-5-12(14)13-6-2-4-8-15(13)16/h1-8,16-17,19-20H,9-11H2/t17-,19+,20+/m0/s1. The number of nitrogens with zero attached hydrogens (tertiary/aromatic N) is 1. The minimum absolute atomic E-state index is 0.0727. The summed E-state index contributed by atoms with van der Waals surface area (Å²) in [5.41, 5.74) is 4.49. The van der Waals surface area contributed by atoms with Crippen LogP contribution in [0.1, 0.15) is 17.0 Å². The lowest BCUT2D eigenvalue weighted by atomic mass is 9.98. The van der Waals surface area contributed by atoms with E-state index in [1.54, 1.807) is 0 Å². The third kappa shape index (κ3) is 2.47. The molecule has 1 aliphatic carbocycles. The first-order valence-electron chi connectivity index (χ1n) is 9.05. The molecule has 5 nitrogen and oxygen atoms in total. The van der Waals surface area contributed by atoms with Crippen LogP contribution in [0.2, 0.25) is 0 Å². The van der Waals surface area contributed by atoms with Crippen molar-refractivity contribution in [2.24, 2.45) is 0 Å². The van der Waals surface area contributed by atoms with Crippen LogP contribution in [-0.2, 0) is 14.3 Å². The van der Waals surface area contributed by atoms with Crippen LogP contribution in [0.25, 0.3) is 11.1 Å². The Labute approximate surface area is 155 Å². The number of benzene rings is 2. The maximum atomic E-state index is 14.1. The van der Waals surface area contributed by atoms with Gasteiger partial charge in [0.05, 0.1) is 6.54 Å². The summed E-state index contributed by atoms with van der Waals surface area (Å²) in [6.45, 7) is -0.173. The molecule has 0 radical (unpaired) electrons. The van der Waals surface area contributed by atoms with Crippen LogP contribution < -0.4 is 0 Å². The third-order valence-electron chi connectivity index (χ3n) is 5.69. The Morgan fingerprint density at radius 3 is 2.41 bits per heavy atom. The molecule has 2 heterocycles. The number of fused-ring (bicyclic) bond motifs is 4. The molecule has 138 valence electrons. The van der Waals surface area contributed by atoms with E-state index in [0.29, 0.717) is 0 Å². The van der Waals surface area contributed by atoms with E-state index in [1.807, 2.05) is 36.4 Å². The molecule has 0 aromatic heterocycles. The maximum absolute atomic E-state index is 14.1. The fourth-order valence-electron chi connectivity index (χ4n) is 4.46. The summed E-state index contributed by atoms with van der Waals surface area (Å²) in [5.74, 6) is -0.342. The van der Waals surface area contributed by atoms with E-state index in [4.69, 9.17) is 9.47 Å². The van der Waals surface area contributed by atoms with Gasteiger partial charge >= 0.3 is 6.09 Å². The zero-order valence-corrected chi connectivity index (χ0v) is 14.5. The molecule has 2 aromatic carbocycles. The van der Waals surface area contributed by atoms with E-state index in [0.717, 1.165) is 22.3 Å². The van der Waals surface area contributed by atoms with Crippen LogP contribution in [0.3, 0.4) is 0 Å². The molecule has 3 aliphatic rings. The zero-order valence-electron chi connectivity index (χ0n) is 14.5. The first-order valence-corrected chi connectivity index (χ1v) is 9.05. The Hall–Kier alpha value is -2.73. The van der Waals surface area contributed by atoms with Gasteiger partial charge in [-0.05, 0) is 22.3 Å². The van der Waals surface area contributed by atoms with Gasteiger partial charge in [-0.15, -0.1) is 0 Å². The number of amides is 1. The molecule has 0 saturated carbocycles. The van der Waals surface area contributed by atoms with Gasteiger partial charge in [-0.3, -0.25) is 9.69 Å². The molecule has 3 atom stereocenters. The van der Waals surface area contributed by atoms with Crippen molar-refractivity contribution in [2.45, 2.75) is 24.2 Å². The number of rotatable bonds is 2. The van der Waals surface area contributed by atoms with Gasteiger partial charge < -0.3 is 9.47 Å². The topological polar surface area (TPSA) is 55.8 Å². The van der Waals surface area contributed by atoms with E-state index in [9.17, 15) is 14.0 Å². The number of ketones is 1. The van der Waals surface area contributed by atoms with Crippen LogP contribution in [0, 0.1) is 0 Å². The average molecular weight is 367 g/mol. The number of Topliss-reactive ketones (excluding diaryl/α,β-unsaturated/α-hetero) is 1. The minimum atomic E-state index is -1.36. The van der Waals surface area contributed by atoms with Crippen molar-refractivity contribution < 1.29 is 23.5 Å². The number of ether oxygens (including phenoxy) is 2. The Bertz CT molecular complexity index is 884. The van der Waals surface area contributed by atoms with Crippen LogP contribution >= 0.6 is 0 Å². The number of carbonyl (C=O) groups excluding carboxylic acids is 2. The number of hydrogen-bond acceptors (Lipinski definition) is 4. The van der Waals surface area contributed by atoms with Crippen molar-refractivity contribution in [3.05, 3.63) is 59.7 Å². The second-order valence-corrected chi connectivity index (χ2v) is 7.16. The van der Waals surface area contributed by atoms with E-state index >= 15 is 0 Å². The van der Waals surface area contributed by atoms with Crippen LogP contribution in [0.5, 0.6) is 0 Å². The molecule has 27 heavy (non-hydrogen) atoms. The van der Waals surface area contributed by atoms with Gasteiger partial charge in [0.25, 0.3) is 0 Å². The first kappa shape index (κ1) is 16.4. The van der Waals surface area contributed by atoms with E-state index < -0.39 is 24.4 Å². The summed E-state index contributed by atoms with van der Waals surface area (Å²) in [7, 11) is 0. The van der Waals surface area contributed by atoms with Gasteiger partial charge in [0.1, 0.15) is 31.5 Å². The van der Waals surface area contributed by atoms with Crippen molar-refractivity contribution in [3.8, 4) is 11.1 Å². The van der Waals surface area contributed by atoms with Crippen LogP contribution in [-0.4, -0.2) is 54.9 Å². The van der Waals surface area contributed by atoms with Crippen molar-refractivity contribution in [2.75, 3.05) is 19.8 Å². The maximum Gasteiger partial charge on any atom is 0.410 e. The van der Waals surface area contributed by atoms with Gasteiger partial charge in [-0.25, -0.2) is 9.18 Å². The number of carbonyl (C=O) groups is 2. The highest BCUT2D eigenvalue weighted by Gasteiger charge is 2.53. The molecule has 2 aliphatic heterocycles. The molecule has 2 aromatic rings. The molecule has 0 bridgehead atoms. The number of alkyl halides is 1. The summed E-state index contributed by atoms with van der Waals surface area (Å²) in [4.78, 5) is 25.7. The van der Waals surface area contributed by atoms with Gasteiger partial charge in [0.2, 0.25) is 0 Å². The monoisotopic (exact) mass is 367 g/mol. The lowest BCUT2D eigenvalue weighted by Gasteiger charge is -2.22. The van der Waals surface area contributed by atoms with E-state index in [1.165, 1.54) is 4.90 Å². The molecule has 2 saturated heterocycles. The SMILES string of the molecule is O=C1CO[C@H]2[C@@H]1N(C(=O)OCC1c3ccccc3-c3ccccc31)C[C@@H]2F. The molecule has 5 rings (SSSR count). The van der Waals surface area contributed by atoms with Gasteiger partial charge in [-0.2, -0.15) is 0 Å². The van der Waals surface area contributed by atoms with Crippen molar-refractivity contribution in [1.29, 1.82) is 0 Å². The first-order chi connectivity index (χ1) is 13.1. The van der Waals surface area contributed by atoms with Crippen molar-refractivity contribution in [1.82, 2.24) is 4.90 Å². The quantitative estimate of drug-likeness (QED) is 0.819. The van der Waals surface area contributed by atoms with Crippen LogP contribution in [0.4, 0.5) is 9.18 Å². The summed E-state index contributed by atoms with van der Waals surface area (Å²) < 4.78 is 24.8. The number of hydrogen-bond donors (Lipinski definition) is 0. The highest BCUT2D eigenvalue weighted by molar-refractivity contribution is 5.91.